The van der Waals surface area contributed by atoms with E-state index in [1.165, 1.54) is 12.8 Å². The fraction of sp³-hybridized carbons (Fsp3) is 0.318. The Labute approximate surface area is 164 Å². The van der Waals surface area contributed by atoms with E-state index in [4.69, 9.17) is 4.74 Å². The quantitative estimate of drug-likeness (QED) is 0.731. The smallest absolute Gasteiger partial charge is 0.262 e. The van der Waals surface area contributed by atoms with E-state index >= 15 is 0 Å². The number of carbonyl (C=O) groups is 1. The van der Waals surface area contributed by atoms with Crippen molar-refractivity contribution >= 4 is 11.6 Å². The summed E-state index contributed by atoms with van der Waals surface area (Å²) in [5.74, 6) is 2.47. The molecule has 1 aliphatic heterocycles. The second-order valence-electron chi connectivity index (χ2n) is 7.13. The van der Waals surface area contributed by atoms with Crippen molar-refractivity contribution in [3.8, 4) is 17.1 Å². The Bertz CT molecular complexity index is 963. The van der Waals surface area contributed by atoms with Gasteiger partial charge in [-0.1, -0.05) is 18.6 Å². The van der Waals surface area contributed by atoms with Gasteiger partial charge in [0.25, 0.3) is 5.91 Å². The first-order chi connectivity index (χ1) is 13.7. The van der Waals surface area contributed by atoms with Gasteiger partial charge < -0.3 is 14.6 Å². The number of ether oxygens (including phenoxy) is 1. The van der Waals surface area contributed by atoms with Crippen molar-refractivity contribution in [1.29, 1.82) is 0 Å². The number of fused-ring (bicyclic) bond motifs is 1. The maximum atomic E-state index is 12.2. The van der Waals surface area contributed by atoms with Crippen LogP contribution >= 0.6 is 0 Å². The molecule has 2 heterocycles. The zero-order valence-corrected chi connectivity index (χ0v) is 16.0. The minimum Gasteiger partial charge on any atom is -0.484 e. The molecule has 0 saturated heterocycles. The molecular formula is C22H24N4O2. The van der Waals surface area contributed by atoms with Crippen molar-refractivity contribution in [3.63, 3.8) is 0 Å². The van der Waals surface area contributed by atoms with Gasteiger partial charge in [0.2, 0.25) is 0 Å². The molecule has 6 heteroatoms. The van der Waals surface area contributed by atoms with Crippen LogP contribution in [0.4, 0.5) is 5.69 Å². The Kier molecular flexibility index (Phi) is 5.37. The number of hydrogen-bond acceptors (Lipinski definition) is 4. The van der Waals surface area contributed by atoms with Gasteiger partial charge in [-0.2, -0.15) is 0 Å². The van der Waals surface area contributed by atoms with Gasteiger partial charge in [0.15, 0.2) is 12.4 Å². The first kappa shape index (κ1) is 18.2. The van der Waals surface area contributed by atoms with Gasteiger partial charge in [-0.25, -0.2) is 0 Å². The van der Waals surface area contributed by atoms with Crippen molar-refractivity contribution in [2.45, 2.75) is 39.2 Å². The molecular weight excluding hydrogens is 352 g/mol. The number of carbonyl (C=O) groups excluding carboxylic acids is 1. The summed E-state index contributed by atoms with van der Waals surface area (Å²) in [5.41, 5.74) is 2.84. The van der Waals surface area contributed by atoms with Crippen LogP contribution in [-0.2, 0) is 17.8 Å². The van der Waals surface area contributed by atoms with Crippen molar-refractivity contribution < 1.29 is 9.53 Å². The minimum atomic E-state index is -0.189. The molecule has 2 aromatic carbocycles. The van der Waals surface area contributed by atoms with Crippen molar-refractivity contribution in [3.05, 3.63) is 59.9 Å². The van der Waals surface area contributed by atoms with Crippen molar-refractivity contribution in [2.24, 2.45) is 0 Å². The molecule has 6 nitrogen and oxygen atoms in total. The van der Waals surface area contributed by atoms with Crippen LogP contribution in [0, 0.1) is 6.92 Å². The van der Waals surface area contributed by atoms with E-state index in [0.717, 1.165) is 47.8 Å². The fourth-order valence-electron chi connectivity index (χ4n) is 3.45. The Morgan fingerprint density at radius 2 is 1.96 bits per heavy atom. The molecule has 1 aromatic heterocycles. The lowest BCUT2D eigenvalue weighted by Crippen LogP contribution is -2.20. The van der Waals surface area contributed by atoms with E-state index in [9.17, 15) is 4.79 Å². The van der Waals surface area contributed by atoms with E-state index in [1.54, 1.807) is 0 Å². The summed E-state index contributed by atoms with van der Waals surface area (Å²) < 4.78 is 7.76. The lowest BCUT2D eigenvalue weighted by Gasteiger charge is -2.09. The van der Waals surface area contributed by atoms with Gasteiger partial charge >= 0.3 is 0 Å². The fourth-order valence-corrected chi connectivity index (χ4v) is 3.45. The molecule has 1 aliphatic rings. The molecule has 0 bridgehead atoms. The van der Waals surface area contributed by atoms with E-state index in [1.807, 2.05) is 55.5 Å². The molecule has 28 heavy (non-hydrogen) atoms. The van der Waals surface area contributed by atoms with Crippen LogP contribution < -0.4 is 10.1 Å². The van der Waals surface area contributed by atoms with Gasteiger partial charge in [-0.3, -0.25) is 4.79 Å². The molecule has 0 fully saturated rings. The number of nitrogens with one attached hydrogen (secondary N) is 1. The Hall–Kier alpha value is -3.15. The van der Waals surface area contributed by atoms with Crippen LogP contribution in [0.15, 0.2) is 48.5 Å². The summed E-state index contributed by atoms with van der Waals surface area (Å²) >= 11 is 0. The SMILES string of the molecule is Cc1cccc(OCC(=O)Nc2ccc(-c3nnc4n3CCCCC4)cc2)c1. The van der Waals surface area contributed by atoms with Crippen molar-refractivity contribution in [1.82, 2.24) is 14.8 Å². The number of rotatable bonds is 5. The molecule has 3 aromatic rings. The van der Waals surface area contributed by atoms with Crippen molar-refractivity contribution in [2.75, 3.05) is 11.9 Å². The third-order valence-corrected chi connectivity index (χ3v) is 4.90. The maximum Gasteiger partial charge on any atom is 0.262 e. The van der Waals surface area contributed by atoms with Crippen LogP contribution in [0.1, 0.15) is 30.7 Å². The van der Waals surface area contributed by atoms with Gasteiger partial charge in [0, 0.05) is 24.2 Å². The van der Waals surface area contributed by atoms with Gasteiger partial charge in [0.05, 0.1) is 0 Å². The number of hydrogen-bond donors (Lipinski definition) is 1. The highest BCUT2D eigenvalue weighted by Gasteiger charge is 2.16. The number of aryl methyl sites for hydroxylation is 2. The summed E-state index contributed by atoms with van der Waals surface area (Å²) in [4.78, 5) is 12.2. The first-order valence-corrected chi connectivity index (χ1v) is 9.71. The number of amides is 1. The predicted molar refractivity (Wildman–Crippen MR) is 108 cm³/mol. The normalized spacial score (nSPS) is 13.5. The summed E-state index contributed by atoms with van der Waals surface area (Å²) in [6.07, 6.45) is 4.56. The monoisotopic (exact) mass is 376 g/mol. The number of anilines is 1. The molecule has 144 valence electrons. The summed E-state index contributed by atoms with van der Waals surface area (Å²) in [6, 6.07) is 15.4. The van der Waals surface area contributed by atoms with Gasteiger partial charge in [0.1, 0.15) is 11.6 Å². The topological polar surface area (TPSA) is 69.0 Å². The van der Waals surface area contributed by atoms with Crippen LogP contribution in [0.3, 0.4) is 0 Å². The molecule has 0 radical (unpaired) electrons. The van der Waals surface area contributed by atoms with Gasteiger partial charge in [-0.15, -0.1) is 10.2 Å². The molecule has 0 aliphatic carbocycles. The highest BCUT2D eigenvalue weighted by molar-refractivity contribution is 5.92. The van der Waals surface area contributed by atoms with E-state index < -0.39 is 0 Å². The highest BCUT2D eigenvalue weighted by atomic mass is 16.5. The summed E-state index contributed by atoms with van der Waals surface area (Å²) in [5, 5.41) is 11.6. The maximum absolute atomic E-state index is 12.2. The average molecular weight is 376 g/mol. The average Bonchev–Trinajstić information content (AvgIpc) is 2.95. The number of aromatic nitrogens is 3. The Morgan fingerprint density at radius 3 is 2.79 bits per heavy atom. The zero-order chi connectivity index (χ0) is 19.3. The summed E-state index contributed by atoms with van der Waals surface area (Å²) in [6.45, 7) is 2.93. The van der Waals surface area contributed by atoms with Gasteiger partial charge in [-0.05, 0) is 61.7 Å². The minimum absolute atomic E-state index is 0.0249. The summed E-state index contributed by atoms with van der Waals surface area (Å²) in [7, 11) is 0. The molecule has 0 spiro atoms. The molecule has 1 amide bonds. The van der Waals surface area contributed by atoms with E-state index in [2.05, 4.69) is 20.1 Å². The largest absolute Gasteiger partial charge is 0.484 e. The number of benzene rings is 2. The lowest BCUT2D eigenvalue weighted by atomic mass is 10.2. The second-order valence-corrected chi connectivity index (χ2v) is 7.13. The molecule has 4 rings (SSSR count). The Morgan fingerprint density at radius 1 is 1.11 bits per heavy atom. The third-order valence-electron chi connectivity index (χ3n) is 4.90. The van der Waals surface area contributed by atoms with E-state index in [0.29, 0.717) is 5.75 Å². The molecule has 0 unspecified atom stereocenters. The standard InChI is InChI=1S/C22H24N4O2/c1-16-6-5-7-19(14-16)28-15-21(27)23-18-11-9-17(10-12-18)22-25-24-20-8-3-2-4-13-26(20)22/h5-7,9-12,14H,2-4,8,13,15H2,1H3,(H,23,27). The second kappa shape index (κ2) is 8.25. The third kappa shape index (κ3) is 4.22. The Balaban J connectivity index is 1.38. The lowest BCUT2D eigenvalue weighted by molar-refractivity contribution is -0.118. The molecule has 1 N–H and O–H groups in total. The molecule has 0 saturated carbocycles. The highest BCUT2D eigenvalue weighted by Crippen LogP contribution is 2.24. The van der Waals surface area contributed by atoms with Crippen LogP contribution in [0.25, 0.3) is 11.4 Å². The zero-order valence-electron chi connectivity index (χ0n) is 16.0. The van der Waals surface area contributed by atoms with Crippen LogP contribution in [0.5, 0.6) is 5.75 Å². The first-order valence-electron chi connectivity index (χ1n) is 9.71. The predicted octanol–water partition coefficient (Wildman–Crippen LogP) is 4.00. The van der Waals surface area contributed by atoms with Crippen LogP contribution in [0.2, 0.25) is 0 Å². The van der Waals surface area contributed by atoms with Crippen LogP contribution in [-0.4, -0.2) is 27.3 Å². The molecule has 0 atom stereocenters. The van der Waals surface area contributed by atoms with E-state index in [-0.39, 0.29) is 12.5 Å². The number of nitrogens with zero attached hydrogens (tertiary/aromatic N) is 3.